The van der Waals surface area contributed by atoms with Crippen molar-refractivity contribution in [2.75, 3.05) is 43.5 Å². The number of amides is 1. The number of quaternary nitrogens is 1. The van der Waals surface area contributed by atoms with Gasteiger partial charge in [0.2, 0.25) is 0 Å². The number of methoxy groups -OCH3 is 1. The van der Waals surface area contributed by atoms with Crippen LogP contribution in [0.1, 0.15) is 6.92 Å². The summed E-state index contributed by atoms with van der Waals surface area (Å²) in [6.07, 6.45) is 0. The highest BCUT2D eigenvalue weighted by atomic mass is 19.2. The van der Waals surface area contributed by atoms with E-state index in [9.17, 15) is 13.6 Å². The average molecular weight is 376 g/mol. The number of piperazine rings is 1. The fraction of sp³-hybridized carbons (Fsp3) is 0.350. The first-order chi connectivity index (χ1) is 13.0. The molecule has 1 saturated heterocycles. The number of benzene rings is 2. The van der Waals surface area contributed by atoms with Crippen LogP contribution in [-0.2, 0) is 4.79 Å². The molecule has 1 aliphatic rings. The molecule has 1 fully saturated rings. The molecule has 2 aromatic rings. The molecule has 0 bridgehead atoms. The van der Waals surface area contributed by atoms with Gasteiger partial charge < -0.3 is 19.9 Å². The number of rotatable bonds is 5. The molecule has 2 N–H and O–H groups in total. The molecule has 2 aromatic carbocycles. The largest absolute Gasteiger partial charge is 0.497 e. The third kappa shape index (κ3) is 4.54. The molecule has 0 saturated carbocycles. The van der Waals surface area contributed by atoms with E-state index >= 15 is 0 Å². The van der Waals surface area contributed by atoms with Crippen LogP contribution in [0, 0.1) is 11.6 Å². The third-order valence-corrected chi connectivity index (χ3v) is 5.04. The lowest BCUT2D eigenvalue weighted by Crippen LogP contribution is -3.19. The molecule has 1 aliphatic heterocycles. The lowest BCUT2D eigenvalue weighted by atomic mass is 10.2. The molecule has 144 valence electrons. The van der Waals surface area contributed by atoms with E-state index < -0.39 is 11.6 Å². The molecule has 1 heterocycles. The maximum atomic E-state index is 13.3. The zero-order valence-electron chi connectivity index (χ0n) is 15.5. The molecule has 0 spiro atoms. The summed E-state index contributed by atoms with van der Waals surface area (Å²) in [5, 5.41) is 2.67. The number of nitrogens with one attached hydrogen (secondary N) is 2. The van der Waals surface area contributed by atoms with Crippen LogP contribution in [-0.4, -0.2) is 45.2 Å². The molecule has 7 heteroatoms. The molecule has 1 atom stereocenters. The highest BCUT2D eigenvalue weighted by Gasteiger charge is 2.29. The standard InChI is InChI=1S/C20H23F2N3O2/c1-14(20(26)23-15-3-8-18(21)19(22)13-15)24-9-11-25(12-10-24)16-4-6-17(27-2)7-5-16/h3-8,13-14H,9-12H2,1-2H3,(H,23,26)/p+1/t14-/m0/s1. The van der Waals surface area contributed by atoms with Crippen LogP contribution in [0.4, 0.5) is 20.2 Å². The van der Waals surface area contributed by atoms with E-state index in [4.69, 9.17) is 4.74 Å². The number of nitrogens with zero attached hydrogens (tertiary/aromatic N) is 1. The molecule has 1 amide bonds. The molecule has 3 rings (SSSR count). The Morgan fingerprint density at radius 2 is 1.78 bits per heavy atom. The monoisotopic (exact) mass is 376 g/mol. The summed E-state index contributed by atoms with van der Waals surface area (Å²) in [5.41, 5.74) is 1.40. The number of carbonyl (C=O) groups is 1. The van der Waals surface area contributed by atoms with E-state index in [2.05, 4.69) is 10.2 Å². The first-order valence-electron chi connectivity index (χ1n) is 8.97. The summed E-state index contributed by atoms with van der Waals surface area (Å²) >= 11 is 0. The van der Waals surface area contributed by atoms with E-state index in [0.29, 0.717) is 0 Å². The summed E-state index contributed by atoms with van der Waals surface area (Å²) in [6.45, 7) is 5.17. The topological polar surface area (TPSA) is 46.0 Å². The van der Waals surface area contributed by atoms with Crippen LogP contribution >= 0.6 is 0 Å². The Morgan fingerprint density at radius 1 is 1.11 bits per heavy atom. The van der Waals surface area contributed by atoms with Crippen LogP contribution in [0.2, 0.25) is 0 Å². The highest BCUT2D eigenvalue weighted by Crippen LogP contribution is 2.19. The van der Waals surface area contributed by atoms with E-state index in [0.717, 1.165) is 49.7 Å². The number of hydrogen-bond donors (Lipinski definition) is 2. The minimum atomic E-state index is -0.971. The van der Waals surface area contributed by atoms with Crippen molar-refractivity contribution >= 4 is 17.3 Å². The SMILES string of the molecule is COc1ccc(N2CC[NH+]([C@@H](C)C(=O)Nc3ccc(F)c(F)c3)CC2)cc1. The van der Waals surface area contributed by atoms with Gasteiger partial charge in [0.1, 0.15) is 5.75 Å². The normalized spacial score (nSPS) is 16.1. The number of halogens is 2. The van der Waals surface area contributed by atoms with Crippen molar-refractivity contribution in [3.8, 4) is 5.75 Å². The van der Waals surface area contributed by atoms with Gasteiger partial charge in [0, 0.05) is 17.4 Å². The molecule has 0 aliphatic carbocycles. The Morgan fingerprint density at radius 3 is 2.37 bits per heavy atom. The Bertz CT molecular complexity index is 790. The molecule has 5 nitrogen and oxygen atoms in total. The van der Waals surface area contributed by atoms with Crippen LogP contribution in [0.25, 0.3) is 0 Å². The quantitative estimate of drug-likeness (QED) is 0.835. The molecule has 0 unspecified atom stereocenters. The molecule has 27 heavy (non-hydrogen) atoms. The van der Waals surface area contributed by atoms with Crippen molar-refractivity contribution in [2.24, 2.45) is 0 Å². The number of anilines is 2. The van der Waals surface area contributed by atoms with Gasteiger partial charge in [-0.05, 0) is 43.3 Å². The zero-order valence-corrected chi connectivity index (χ0v) is 15.5. The summed E-state index contributed by atoms with van der Waals surface area (Å²) in [7, 11) is 1.64. The zero-order chi connectivity index (χ0) is 19.4. The fourth-order valence-electron chi connectivity index (χ4n) is 3.29. The van der Waals surface area contributed by atoms with Crippen molar-refractivity contribution in [3.05, 3.63) is 54.1 Å². The smallest absolute Gasteiger partial charge is 0.282 e. The molecular weight excluding hydrogens is 352 g/mol. The lowest BCUT2D eigenvalue weighted by Gasteiger charge is -2.36. The van der Waals surface area contributed by atoms with Gasteiger partial charge in [-0.2, -0.15) is 0 Å². The summed E-state index contributed by atoms with van der Waals surface area (Å²) in [6, 6.07) is 11.0. The van der Waals surface area contributed by atoms with Gasteiger partial charge in [-0.15, -0.1) is 0 Å². The average Bonchev–Trinajstić information content (AvgIpc) is 2.70. The van der Waals surface area contributed by atoms with Crippen LogP contribution in [0.5, 0.6) is 5.75 Å². The Balaban J connectivity index is 1.54. The van der Waals surface area contributed by atoms with Crippen molar-refractivity contribution in [3.63, 3.8) is 0 Å². The Hall–Kier alpha value is -2.67. The van der Waals surface area contributed by atoms with Crippen molar-refractivity contribution in [1.82, 2.24) is 0 Å². The van der Waals surface area contributed by atoms with Gasteiger partial charge >= 0.3 is 0 Å². The van der Waals surface area contributed by atoms with Crippen molar-refractivity contribution in [2.45, 2.75) is 13.0 Å². The molecule has 0 radical (unpaired) electrons. The summed E-state index contributed by atoms with van der Waals surface area (Å²) in [5.74, 6) is -1.28. The van der Waals surface area contributed by atoms with Gasteiger partial charge in [-0.1, -0.05) is 0 Å². The van der Waals surface area contributed by atoms with E-state index in [1.807, 2.05) is 31.2 Å². The number of carbonyl (C=O) groups excluding carboxylic acids is 1. The predicted octanol–water partition coefficient (Wildman–Crippen LogP) is 1.71. The first-order valence-corrected chi connectivity index (χ1v) is 8.97. The predicted molar refractivity (Wildman–Crippen MR) is 100 cm³/mol. The maximum absolute atomic E-state index is 13.3. The summed E-state index contributed by atoms with van der Waals surface area (Å²) < 4.78 is 31.5. The van der Waals surface area contributed by atoms with E-state index in [1.54, 1.807) is 7.11 Å². The van der Waals surface area contributed by atoms with Crippen molar-refractivity contribution in [1.29, 1.82) is 0 Å². The Kier molecular flexibility index (Phi) is 5.91. The summed E-state index contributed by atoms with van der Waals surface area (Å²) in [4.78, 5) is 15.9. The van der Waals surface area contributed by atoms with Crippen LogP contribution in [0.3, 0.4) is 0 Å². The van der Waals surface area contributed by atoms with Gasteiger partial charge in [0.15, 0.2) is 17.7 Å². The van der Waals surface area contributed by atoms with Crippen LogP contribution in [0.15, 0.2) is 42.5 Å². The van der Waals surface area contributed by atoms with E-state index in [-0.39, 0.29) is 17.6 Å². The van der Waals surface area contributed by atoms with Gasteiger partial charge in [0.05, 0.1) is 33.3 Å². The second-order valence-corrected chi connectivity index (χ2v) is 6.68. The Labute approximate surface area is 157 Å². The molecular formula is C20H24F2N3O2+. The van der Waals surface area contributed by atoms with Crippen molar-refractivity contribution < 1.29 is 23.2 Å². The second kappa shape index (κ2) is 8.35. The fourth-order valence-corrected chi connectivity index (χ4v) is 3.29. The first kappa shape index (κ1) is 19.1. The minimum absolute atomic E-state index is 0.200. The highest BCUT2D eigenvalue weighted by molar-refractivity contribution is 5.93. The van der Waals surface area contributed by atoms with Crippen LogP contribution < -0.4 is 19.9 Å². The third-order valence-electron chi connectivity index (χ3n) is 5.04. The second-order valence-electron chi connectivity index (χ2n) is 6.68. The lowest BCUT2D eigenvalue weighted by molar-refractivity contribution is -0.914. The van der Waals surface area contributed by atoms with E-state index in [1.165, 1.54) is 11.0 Å². The maximum Gasteiger partial charge on any atom is 0.282 e. The minimum Gasteiger partial charge on any atom is -0.497 e. The number of hydrogen-bond acceptors (Lipinski definition) is 3. The molecule has 0 aromatic heterocycles. The van der Waals surface area contributed by atoms with Gasteiger partial charge in [-0.3, -0.25) is 4.79 Å². The van der Waals surface area contributed by atoms with Gasteiger partial charge in [0.25, 0.3) is 5.91 Å². The number of ether oxygens (including phenoxy) is 1. The van der Waals surface area contributed by atoms with Gasteiger partial charge in [-0.25, -0.2) is 8.78 Å².